The molecule has 1 heteroatoms. The van der Waals surface area contributed by atoms with E-state index in [2.05, 4.69) is 38.1 Å². The van der Waals surface area contributed by atoms with Gasteiger partial charge in [-0.25, -0.2) is 4.39 Å². The van der Waals surface area contributed by atoms with Gasteiger partial charge in [-0.05, 0) is 73.5 Å². The largest absolute Gasteiger partial charge is 0.207 e. The molecule has 0 N–H and O–H groups in total. The third-order valence-corrected chi connectivity index (χ3v) is 6.04. The Hall–Kier alpha value is -1.11. The lowest BCUT2D eigenvalue weighted by molar-refractivity contribution is 0.304. The molecule has 3 rings (SSSR count). The number of halogens is 1. The van der Waals surface area contributed by atoms with E-state index in [0.29, 0.717) is 17.8 Å². The molecule has 0 spiro atoms. The van der Waals surface area contributed by atoms with Gasteiger partial charge >= 0.3 is 0 Å². The summed E-state index contributed by atoms with van der Waals surface area (Å²) >= 11 is 0. The van der Waals surface area contributed by atoms with Crippen LogP contribution in [-0.4, -0.2) is 0 Å². The molecule has 1 fully saturated rings. The van der Waals surface area contributed by atoms with Crippen molar-refractivity contribution in [1.29, 1.82) is 0 Å². The van der Waals surface area contributed by atoms with E-state index in [1.54, 1.807) is 0 Å². The van der Waals surface area contributed by atoms with E-state index >= 15 is 0 Å². The van der Waals surface area contributed by atoms with E-state index in [9.17, 15) is 4.39 Å². The molecule has 0 amide bonds. The fraction of sp³-hybridized carbons (Fsp3) is 0.636. The van der Waals surface area contributed by atoms with Crippen LogP contribution < -0.4 is 0 Å². The first-order valence-corrected chi connectivity index (χ1v) is 9.65. The van der Waals surface area contributed by atoms with Crippen molar-refractivity contribution in [2.75, 3.05) is 0 Å². The highest BCUT2D eigenvalue weighted by Crippen LogP contribution is 2.39. The summed E-state index contributed by atoms with van der Waals surface area (Å²) in [4.78, 5) is 0. The van der Waals surface area contributed by atoms with Gasteiger partial charge in [-0.1, -0.05) is 51.0 Å². The molecule has 2 unspecified atom stereocenters. The van der Waals surface area contributed by atoms with Gasteiger partial charge in [0.25, 0.3) is 0 Å². The molecule has 0 aliphatic heterocycles. The van der Waals surface area contributed by atoms with Crippen LogP contribution in [0.4, 0.5) is 4.39 Å². The fourth-order valence-corrected chi connectivity index (χ4v) is 4.51. The Morgan fingerprint density at radius 1 is 1.00 bits per heavy atom. The van der Waals surface area contributed by atoms with Crippen molar-refractivity contribution in [3.63, 3.8) is 0 Å². The molecule has 0 saturated heterocycles. The number of benzene rings is 1. The van der Waals surface area contributed by atoms with Gasteiger partial charge in [-0.2, -0.15) is 0 Å². The minimum Gasteiger partial charge on any atom is -0.207 e. The molecule has 0 nitrogen and oxygen atoms in total. The molecule has 2 aliphatic rings. The molecule has 0 radical (unpaired) electrons. The number of allylic oxidation sites excluding steroid dienone is 2. The second kappa shape index (κ2) is 7.64. The van der Waals surface area contributed by atoms with Crippen molar-refractivity contribution in [3.8, 4) is 0 Å². The minimum absolute atomic E-state index is 0.0356. The maximum absolute atomic E-state index is 14.7. The summed E-state index contributed by atoms with van der Waals surface area (Å²) < 4.78 is 14.7. The molecule has 2 atom stereocenters. The molecule has 0 aromatic heterocycles. The van der Waals surface area contributed by atoms with Crippen LogP contribution in [0.3, 0.4) is 0 Å². The van der Waals surface area contributed by atoms with Crippen molar-refractivity contribution in [2.24, 2.45) is 11.8 Å². The van der Waals surface area contributed by atoms with Gasteiger partial charge in [0.05, 0.1) is 0 Å². The van der Waals surface area contributed by atoms with E-state index in [0.717, 1.165) is 23.5 Å². The van der Waals surface area contributed by atoms with Crippen LogP contribution >= 0.6 is 0 Å². The molecule has 0 heterocycles. The van der Waals surface area contributed by atoms with Crippen LogP contribution in [0.25, 0.3) is 0 Å². The lowest BCUT2D eigenvalue weighted by Crippen LogP contribution is -2.14. The second-order valence-corrected chi connectivity index (χ2v) is 7.83. The Bertz CT molecular complexity index is 537. The molecule has 0 bridgehead atoms. The highest BCUT2D eigenvalue weighted by molar-refractivity contribution is 5.32. The SMILES string of the molecule is CCCC1CCC(c2ccc(C3C=CC(C)CC3)cc2F)CC1. The topological polar surface area (TPSA) is 0 Å². The Labute approximate surface area is 141 Å². The summed E-state index contributed by atoms with van der Waals surface area (Å²) in [5.41, 5.74) is 2.13. The van der Waals surface area contributed by atoms with Crippen molar-refractivity contribution < 1.29 is 4.39 Å². The first-order valence-electron chi connectivity index (χ1n) is 9.65. The van der Waals surface area contributed by atoms with Gasteiger partial charge in [0.15, 0.2) is 0 Å². The van der Waals surface area contributed by atoms with Gasteiger partial charge in [0.2, 0.25) is 0 Å². The highest BCUT2D eigenvalue weighted by Gasteiger charge is 2.24. The van der Waals surface area contributed by atoms with Gasteiger partial charge < -0.3 is 0 Å². The monoisotopic (exact) mass is 314 g/mol. The van der Waals surface area contributed by atoms with Crippen LogP contribution in [-0.2, 0) is 0 Å². The quantitative estimate of drug-likeness (QED) is 0.526. The van der Waals surface area contributed by atoms with E-state index in [1.807, 2.05) is 6.07 Å². The zero-order valence-corrected chi connectivity index (χ0v) is 14.7. The van der Waals surface area contributed by atoms with Gasteiger partial charge in [-0.3, -0.25) is 0 Å². The highest BCUT2D eigenvalue weighted by atomic mass is 19.1. The normalized spacial score (nSPS) is 31.3. The molecule has 23 heavy (non-hydrogen) atoms. The van der Waals surface area contributed by atoms with Crippen molar-refractivity contribution in [2.45, 2.75) is 77.0 Å². The lowest BCUT2D eigenvalue weighted by Gasteiger charge is -2.29. The summed E-state index contributed by atoms with van der Waals surface area (Å²) in [5, 5.41) is 0. The zero-order chi connectivity index (χ0) is 16.2. The second-order valence-electron chi connectivity index (χ2n) is 7.83. The van der Waals surface area contributed by atoms with E-state index in [-0.39, 0.29) is 5.82 Å². The summed E-state index contributed by atoms with van der Waals surface area (Å²) in [5.74, 6) is 2.45. The Morgan fingerprint density at radius 3 is 2.39 bits per heavy atom. The number of hydrogen-bond donors (Lipinski definition) is 0. The zero-order valence-electron chi connectivity index (χ0n) is 14.7. The van der Waals surface area contributed by atoms with E-state index in [1.165, 1.54) is 44.9 Å². The number of rotatable bonds is 4. The first kappa shape index (κ1) is 16.7. The van der Waals surface area contributed by atoms with Crippen molar-refractivity contribution in [1.82, 2.24) is 0 Å². The Balaban J connectivity index is 1.67. The maximum Gasteiger partial charge on any atom is 0.126 e. The lowest BCUT2D eigenvalue weighted by atomic mass is 9.76. The van der Waals surface area contributed by atoms with Crippen molar-refractivity contribution >= 4 is 0 Å². The molecule has 1 aromatic rings. The van der Waals surface area contributed by atoms with Crippen LogP contribution in [0.5, 0.6) is 0 Å². The minimum atomic E-state index is 0.0356. The Morgan fingerprint density at radius 2 is 1.78 bits per heavy atom. The third kappa shape index (κ3) is 4.05. The summed E-state index contributed by atoms with van der Waals surface area (Å²) in [6.45, 7) is 4.52. The average molecular weight is 314 g/mol. The predicted molar refractivity (Wildman–Crippen MR) is 96.3 cm³/mol. The maximum atomic E-state index is 14.7. The summed E-state index contributed by atoms with van der Waals surface area (Å²) in [6, 6.07) is 6.08. The molecule has 126 valence electrons. The van der Waals surface area contributed by atoms with Crippen LogP contribution in [0.15, 0.2) is 30.4 Å². The van der Waals surface area contributed by atoms with Crippen LogP contribution in [0.2, 0.25) is 0 Å². The van der Waals surface area contributed by atoms with Crippen molar-refractivity contribution in [3.05, 3.63) is 47.3 Å². The first-order chi connectivity index (χ1) is 11.2. The predicted octanol–water partition coefficient (Wildman–Crippen LogP) is 6.97. The average Bonchev–Trinajstić information content (AvgIpc) is 2.57. The fourth-order valence-electron chi connectivity index (χ4n) is 4.51. The van der Waals surface area contributed by atoms with Gasteiger partial charge in [0.1, 0.15) is 5.82 Å². The van der Waals surface area contributed by atoms with E-state index < -0.39 is 0 Å². The van der Waals surface area contributed by atoms with E-state index in [4.69, 9.17) is 0 Å². The van der Waals surface area contributed by atoms with Crippen LogP contribution in [0, 0.1) is 17.7 Å². The number of hydrogen-bond acceptors (Lipinski definition) is 0. The van der Waals surface area contributed by atoms with Gasteiger partial charge in [-0.15, -0.1) is 0 Å². The summed E-state index contributed by atoms with van der Waals surface area (Å²) in [7, 11) is 0. The van der Waals surface area contributed by atoms with Crippen LogP contribution in [0.1, 0.15) is 88.2 Å². The standard InChI is InChI=1S/C22H31F/c1-3-4-17-7-11-19(12-8-17)21-14-13-20(15-22(21)23)18-9-5-16(2)6-10-18/h5,9,13-19H,3-4,6-8,10-12H2,1-2H3. The molecule has 1 saturated carbocycles. The molecular formula is C22H31F. The molecule has 2 aliphatic carbocycles. The summed E-state index contributed by atoms with van der Waals surface area (Å²) in [6.07, 6.45) is 14.5. The molecular weight excluding hydrogens is 283 g/mol. The third-order valence-electron chi connectivity index (χ3n) is 6.04. The Kier molecular flexibility index (Phi) is 5.56. The molecule has 1 aromatic carbocycles. The van der Waals surface area contributed by atoms with Gasteiger partial charge in [0, 0.05) is 5.92 Å². The smallest absolute Gasteiger partial charge is 0.126 e.